The number of hydrogen-bond donors (Lipinski definition) is 0. The van der Waals surface area contributed by atoms with Gasteiger partial charge < -0.3 is 9.47 Å². The first-order valence-electron chi connectivity index (χ1n) is 10.4. The van der Waals surface area contributed by atoms with Gasteiger partial charge in [-0.05, 0) is 37.4 Å². The van der Waals surface area contributed by atoms with Gasteiger partial charge in [0.05, 0.1) is 18.3 Å². The van der Waals surface area contributed by atoms with Crippen LogP contribution in [0.1, 0.15) is 24.4 Å². The summed E-state index contributed by atoms with van der Waals surface area (Å²) in [6, 6.07) is 8.02. The quantitative estimate of drug-likeness (QED) is 0.584. The fourth-order valence-electron chi connectivity index (χ4n) is 4.12. The molecule has 0 spiro atoms. The molecule has 31 heavy (non-hydrogen) atoms. The van der Waals surface area contributed by atoms with E-state index >= 15 is 0 Å². The average molecular weight is 430 g/mol. The average Bonchev–Trinajstić information content (AvgIpc) is 3.33. The molecule has 1 aromatic carbocycles. The number of aryl methyl sites for hydroxylation is 1. The van der Waals surface area contributed by atoms with Crippen LogP contribution in [0, 0.1) is 12.8 Å². The number of ketones is 1. The summed E-state index contributed by atoms with van der Waals surface area (Å²) in [5.74, 6) is 0.742. The van der Waals surface area contributed by atoms with E-state index in [9.17, 15) is 18.0 Å². The van der Waals surface area contributed by atoms with Gasteiger partial charge in [0.2, 0.25) is 0 Å². The van der Waals surface area contributed by atoms with Crippen LogP contribution in [0.4, 0.5) is 13.2 Å². The van der Waals surface area contributed by atoms with Gasteiger partial charge in [-0.25, -0.2) is 4.98 Å². The molecule has 0 amide bonds. The number of carbonyl (C=O) groups excluding carboxylic acids is 1. The highest BCUT2D eigenvalue weighted by Crippen LogP contribution is 2.26. The molecule has 0 saturated carbocycles. The lowest BCUT2D eigenvalue weighted by Crippen LogP contribution is -2.28. The molecule has 0 radical (unpaired) electrons. The van der Waals surface area contributed by atoms with Gasteiger partial charge in [-0.15, -0.1) is 0 Å². The first kappa shape index (κ1) is 21.5. The van der Waals surface area contributed by atoms with Crippen molar-refractivity contribution in [2.24, 2.45) is 13.0 Å². The van der Waals surface area contributed by atoms with Crippen molar-refractivity contribution in [2.75, 3.05) is 19.6 Å². The molecule has 1 atom stereocenters. The molecule has 4 rings (SSSR count). The minimum atomic E-state index is -4.16. The summed E-state index contributed by atoms with van der Waals surface area (Å²) in [5.41, 5.74) is 2.73. The lowest BCUT2D eigenvalue weighted by molar-refractivity contribution is -0.137. The number of rotatable bonds is 6. The second kappa shape index (κ2) is 8.42. The Bertz CT molecular complexity index is 1110. The first-order chi connectivity index (χ1) is 14.7. The van der Waals surface area contributed by atoms with E-state index in [0.717, 1.165) is 27.9 Å². The predicted octanol–water partition coefficient (Wildman–Crippen LogP) is 4.33. The Kier molecular flexibility index (Phi) is 5.83. The second-order valence-corrected chi connectivity index (χ2v) is 8.28. The number of fused-ring (bicyclic) bond motifs is 1. The zero-order valence-corrected chi connectivity index (χ0v) is 17.6. The van der Waals surface area contributed by atoms with E-state index in [1.54, 1.807) is 11.1 Å². The van der Waals surface area contributed by atoms with Crippen molar-refractivity contribution in [3.8, 4) is 11.3 Å². The van der Waals surface area contributed by atoms with Crippen LogP contribution < -0.4 is 0 Å². The summed E-state index contributed by atoms with van der Waals surface area (Å²) in [6.45, 7) is 2.83. The Labute approximate surface area is 178 Å². The van der Waals surface area contributed by atoms with Gasteiger partial charge in [0.25, 0.3) is 0 Å². The number of aromatic nitrogens is 3. The monoisotopic (exact) mass is 430 g/mol. The van der Waals surface area contributed by atoms with Crippen LogP contribution >= 0.6 is 0 Å². The number of Topliss-reactive ketones (excluding diaryl/α,β-unsaturated/α-hetero) is 1. The number of imidazole rings is 1. The van der Waals surface area contributed by atoms with Gasteiger partial charge in [-0.2, -0.15) is 13.2 Å². The molecule has 3 aromatic rings. The summed E-state index contributed by atoms with van der Waals surface area (Å²) in [7, 11) is 1.97. The summed E-state index contributed by atoms with van der Waals surface area (Å²) < 4.78 is 39.3. The molecule has 164 valence electrons. The van der Waals surface area contributed by atoms with Crippen LogP contribution in [-0.2, 0) is 18.3 Å². The van der Waals surface area contributed by atoms with Crippen LogP contribution in [-0.4, -0.2) is 51.0 Å². The number of pyridine rings is 1. The zero-order chi connectivity index (χ0) is 22.2. The molecular formula is C23H25F3N4O. The van der Waals surface area contributed by atoms with Gasteiger partial charge in [-0.1, -0.05) is 12.1 Å². The number of halogens is 3. The second-order valence-electron chi connectivity index (χ2n) is 8.28. The van der Waals surface area contributed by atoms with Gasteiger partial charge in [0.1, 0.15) is 11.6 Å². The highest BCUT2D eigenvalue weighted by Gasteiger charge is 2.32. The minimum absolute atomic E-state index is 0.0415. The molecule has 1 saturated heterocycles. The summed E-state index contributed by atoms with van der Waals surface area (Å²) in [4.78, 5) is 23.2. The third kappa shape index (κ3) is 4.95. The van der Waals surface area contributed by atoms with Crippen LogP contribution in [0.25, 0.3) is 22.0 Å². The van der Waals surface area contributed by atoms with Gasteiger partial charge in [-0.3, -0.25) is 9.78 Å². The smallest absolute Gasteiger partial charge is 0.331 e. The Morgan fingerprint density at radius 3 is 2.68 bits per heavy atom. The lowest BCUT2D eigenvalue weighted by atomic mass is 9.98. The molecule has 1 aliphatic heterocycles. The molecule has 3 heterocycles. The van der Waals surface area contributed by atoms with E-state index < -0.39 is 12.6 Å². The van der Waals surface area contributed by atoms with Crippen molar-refractivity contribution in [2.45, 2.75) is 32.4 Å². The Morgan fingerprint density at radius 1 is 1.16 bits per heavy atom. The normalized spacial score (nSPS) is 17.5. The molecule has 1 aliphatic rings. The van der Waals surface area contributed by atoms with Crippen molar-refractivity contribution >= 4 is 16.6 Å². The summed E-state index contributed by atoms with van der Waals surface area (Å²) in [6.07, 6.45) is -0.590. The van der Waals surface area contributed by atoms with E-state index in [-0.39, 0.29) is 24.7 Å². The van der Waals surface area contributed by atoms with E-state index in [4.69, 9.17) is 0 Å². The number of nitrogens with zero attached hydrogens (tertiary/aromatic N) is 4. The third-order valence-electron chi connectivity index (χ3n) is 6.09. The molecule has 0 aliphatic carbocycles. The fraction of sp³-hybridized carbons (Fsp3) is 0.435. The maximum absolute atomic E-state index is 12.7. The minimum Gasteiger partial charge on any atom is -0.331 e. The largest absolute Gasteiger partial charge is 0.390 e. The third-order valence-corrected chi connectivity index (χ3v) is 6.09. The van der Waals surface area contributed by atoms with Gasteiger partial charge >= 0.3 is 6.18 Å². The zero-order valence-electron chi connectivity index (χ0n) is 17.6. The number of carbonyl (C=O) groups is 1. The molecule has 8 heteroatoms. The number of alkyl halides is 3. The van der Waals surface area contributed by atoms with E-state index in [1.807, 2.05) is 42.9 Å². The van der Waals surface area contributed by atoms with E-state index in [1.165, 1.54) is 0 Å². The van der Waals surface area contributed by atoms with Crippen molar-refractivity contribution in [1.29, 1.82) is 0 Å². The standard InChI is InChI=1S/C23H25F3N4O/c1-15-27-13-21(29(15)2)16-3-4-17-12-28-20(10-19(17)9-16)11-22(31)18-5-7-30(14-18)8-6-23(24,25)26/h3-4,9-10,12-13,18H,5-8,11,14H2,1-2H3. The predicted molar refractivity (Wildman–Crippen MR) is 113 cm³/mol. The van der Waals surface area contributed by atoms with Gasteiger partial charge in [0, 0.05) is 55.3 Å². The molecule has 0 bridgehead atoms. The maximum atomic E-state index is 12.7. The Hall–Kier alpha value is -2.74. The molecule has 5 nitrogen and oxygen atoms in total. The van der Waals surface area contributed by atoms with Crippen molar-refractivity contribution in [3.05, 3.63) is 48.2 Å². The molecule has 0 N–H and O–H groups in total. The van der Waals surface area contributed by atoms with Crippen LogP contribution in [0.2, 0.25) is 0 Å². The van der Waals surface area contributed by atoms with Crippen LogP contribution in [0.15, 0.2) is 36.7 Å². The van der Waals surface area contributed by atoms with Crippen LogP contribution in [0.3, 0.4) is 0 Å². The molecule has 2 aromatic heterocycles. The lowest BCUT2D eigenvalue weighted by Gasteiger charge is -2.16. The highest BCUT2D eigenvalue weighted by atomic mass is 19.4. The summed E-state index contributed by atoms with van der Waals surface area (Å²) in [5, 5.41) is 1.98. The number of hydrogen-bond acceptors (Lipinski definition) is 4. The SMILES string of the molecule is Cc1ncc(-c2ccc3cnc(CC(=O)C4CCN(CCC(F)(F)F)C4)cc3c2)n1C. The van der Waals surface area contributed by atoms with E-state index in [2.05, 4.69) is 16.0 Å². The Balaban J connectivity index is 1.45. The number of benzene rings is 1. The Morgan fingerprint density at radius 2 is 1.97 bits per heavy atom. The molecule has 1 fully saturated rings. The molecular weight excluding hydrogens is 405 g/mol. The van der Waals surface area contributed by atoms with Crippen molar-refractivity contribution < 1.29 is 18.0 Å². The number of likely N-dealkylation sites (tertiary alicyclic amines) is 1. The fourth-order valence-corrected chi connectivity index (χ4v) is 4.12. The van der Waals surface area contributed by atoms with Crippen molar-refractivity contribution in [1.82, 2.24) is 19.4 Å². The van der Waals surface area contributed by atoms with E-state index in [0.29, 0.717) is 25.2 Å². The van der Waals surface area contributed by atoms with Crippen LogP contribution in [0.5, 0.6) is 0 Å². The maximum Gasteiger partial charge on any atom is 0.390 e. The topological polar surface area (TPSA) is 51.0 Å². The van der Waals surface area contributed by atoms with Crippen molar-refractivity contribution in [3.63, 3.8) is 0 Å². The summed E-state index contributed by atoms with van der Waals surface area (Å²) >= 11 is 0. The first-order valence-corrected chi connectivity index (χ1v) is 10.4. The molecule has 1 unspecified atom stereocenters. The highest BCUT2D eigenvalue weighted by molar-refractivity contribution is 5.88. The van der Waals surface area contributed by atoms with Gasteiger partial charge in [0.15, 0.2) is 0 Å².